The van der Waals surface area contributed by atoms with Crippen molar-refractivity contribution < 1.29 is 19.2 Å². The second-order valence-corrected chi connectivity index (χ2v) is 9.47. The van der Waals surface area contributed by atoms with E-state index in [1.807, 2.05) is 24.3 Å². The van der Waals surface area contributed by atoms with E-state index in [2.05, 4.69) is 25.5 Å². The second-order valence-electron chi connectivity index (χ2n) is 9.47. The van der Waals surface area contributed by atoms with Crippen LogP contribution in [0.1, 0.15) is 17.3 Å². The maximum atomic E-state index is 12.8. The predicted molar refractivity (Wildman–Crippen MR) is 151 cm³/mol. The summed E-state index contributed by atoms with van der Waals surface area (Å²) < 4.78 is 5.41. The average Bonchev–Trinajstić information content (AvgIpc) is 2.98. The molecule has 5 rings (SSSR count). The lowest BCUT2D eigenvalue weighted by atomic mass is 10.1. The second kappa shape index (κ2) is 11.9. The molecule has 2 amide bonds. The molecule has 0 unspecified atom stereocenters. The summed E-state index contributed by atoms with van der Waals surface area (Å²) in [4.78, 5) is 49.8. The van der Waals surface area contributed by atoms with Gasteiger partial charge in [-0.15, -0.1) is 0 Å². The Labute approximate surface area is 230 Å². The topological polar surface area (TPSA) is 146 Å². The van der Waals surface area contributed by atoms with Crippen LogP contribution in [0.15, 0.2) is 54.7 Å². The zero-order chi connectivity index (χ0) is 28.1. The summed E-state index contributed by atoms with van der Waals surface area (Å²) in [5.41, 5.74) is 2.80. The molecular weight excluding hydrogens is 516 g/mol. The Morgan fingerprint density at radius 1 is 0.900 bits per heavy atom. The van der Waals surface area contributed by atoms with Gasteiger partial charge in [0.25, 0.3) is 0 Å². The van der Waals surface area contributed by atoms with Crippen molar-refractivity contribution >= 4 is 46.3 Å². The Kier molecular flexibility index (Phi) is 8.01. The number of aromatic nitrogens is 2. The first-order valence-electron chi connectivity index (χ1n) is 13.0. The van der Waals surface area contributed by atoms with Crippen LogP contribution >= 0.6 is 0 Å². The largest absolute Gasteiger partial charge is 0.378 e. The number of piperazine rings is 1. The zero-order valence-corrected chi connectivity index (χ0v) is 22.1. The number of carbonyl (C=O) groups excluding carboxylic acids is 2. The van der Waals surface area contributed by atoms with Crippen LogP contribution in [0.5, 0.6) is 0 Å². The van der Waals surface area contributed by atoms with E-state index in [0.29, 0.717) is 50.6 Å². The lowest BCUT2D eigenvalue weighted by Crippen LogP contribution is -2.50. The molecule has 2 aliphatic heterocycles. The summed E-state index contributed by atoms with van der Waals surface area (Å²) in [6, 6.07) is 14.2. The van der Waals surface area contributed by atoms with Gasteiger partial charge in [-0.05, 0) is 55.5 Å². The first kappa shape index (κ1) is 26.8. The highest BCUT2D eigenvalue weighted by atomic mass is 16.6. The van der Waals surface area contributed by atoms with Crippen LogP contribution < -0.4 is 20.4 Å². The van der Waals surface area contributed by atoms with E-state index in [1.165, 1.54) is 13.1 Å². The van der Waals surface area contributed by atoms with Gasteiger partial charge in [-0.1, -0.05) is 0 Å². The van der Waals surface area contributed by atoms with Crippen molar-refractivity contribution in [3.63, 3.8) is 0 Å². The number of benzene rings is 2. The molecule has 40 heavy (non-hydrogen) atoms. The molecule has 2 fully saturated rings. The minimum atomic E-state index is -0.500. The third-order valence-corrected chi connectivity index (χ3v) is 6.86. The zero-order valence-electron chi connectivity index (χ0n) is 22.1. The van der Waals surface area contributed by atoms with Gasteiger partial charge in [0.2, 0.25) is 11.8 Å². The van der Waals surface area contributed by atoms with Gasteiger partial charge in [-0.2, -0.15) is 4.98 Å². The number of urea groups is 1. The number of nitrogens with zero attached hydrogens (tertiary/aromatic N) is 6. The number of rotatable bonds is 7. The molecule has 13 heteroatoms. The van der Waals surface area contributed by atoms with Crippen LogP contribution in [0.2, 0.25) is 0 Å². The highest BCUT2D eigenvalue weighted by Crippen LogP contribution is 2.29. The van der Waals surface area contributed by atoms with Gasteiger partial charge in [0.15, 0.2) is 5.78 Å². The summed E-state index contributed by atoms with van der Waals surface area (Å²) in [6.07, 6.45) is 1.20. The Morgan fingerprint density at radius 2 is 1.55 bits per heavy atom. The highest BCUT2D eigenvalue weighted by Gasteiger charge is 2.28. The van der Waals surface area contributed by atoms with Crippen LogP contribution in [0.3, 0.4) is 0 Å². The molecule has 0 bridgehead atoms. The molecule has 3 aromatic rings. The maximum absolute atomic E-state index is 12.8. The van der Waals surface area contributed by atoms with Crippen LogP contribution in [-0.2, 0) is 4.74 Å². The number of ether oxygens (including phenoxy) is 1. The monoisotopic (exact) mass is 546 g/mol. The molecule has 208 valence electrons. The van der Waals surface area contributed by atoms with Gasteiger partial charge in [-0.3, -0.25) is 14.9 Å². The summed E-state index contributed by atoms with van der Waals surface area (Å²) in [7, 11) is 0. The standard InChI is InChI=1S/C27H30N8O5/c1-19(36)20-2-4-22(5-3-20)30-27(37)34-12-10-33(11-13-34)25-24(35(38)39)18-28-26(31-25)29-21-6-8-23(9-7-21)32-14-16-40-17-15-32/h2-9,18H,10-17H2,1H3,(H,30,37)(H,28,29,31). The molecule has 0 saturated carbocycles. The van der Waals surface area contributed by atoms with E-state index in [9.17, 15) is 19.7 Å². The molecule has 1 aromatic heterocycles. The number of amides is 2. The quantitative estimate of drug-likeness (QED) is 0.256. The molecule has 2 saturated heterocycles. The number of ketones is 1. The Balaban J connectivity index is 1.22. The maximum Gasteiger partial charge on any atom is 0.329 e. The molecule has 13 nitrogen and oxygen atoms in total. The summed E-state index contributed by atoms with van der Waals surface area (Å²) in [6.45, 7) is 6.00. The van der Waals surface area contributed by atoms with Crippen molar-refractivity contribution in [3.05, 3.63) is 70.4 Å². The van der Waals surface area contributed by atoms with E-state index in [1.54, 1.807) is 34.1 Å². The number of Topliss-reactive ketones (excluding diaryl/α,β-unsaturated/α-hetero) is 1. The molecule has 0 radical (unpaired) electrons. The molecule has 2 aromatic carbocycles. The smallest absolute Gasteiger partial charge is 0.329 e. The van der Waals surface area contributed by atoms with Crippen molar-refractivity contribution in [1.82, 2.24) is 14.9 Å². The number of nitrogens with one attached hydrogen (secondary N) is 2. The Hall–Kier alpha value is -4.78. The fraction of sp³-hybridized carbons (Fsp3) is 0.333. The number of hydrogen-bond acceptors (Lipinski definition) is 10. The fourth-order valence-corrected chi connectivity index (χ4v) is 4.61. The van der Waals surface area contributed by atoms with E-state index in [-0.39, 0.29) is 29.3 Å². The fourth-order valence-electron chi connectivity index (χ4n) is 4.61. The average molecular weight is 547 g/mol. The number of morpholine rings is 1. The minimum absolute atomic E-state index is 0.0483. The Bertz CT molecular complexity index is 1370. The predicted octanol–water partition coefficient (Wildman–Crippen LogP) is 3.52. The summed E-state index contributed by atoms with van der Waals surface area (Å²) in [5, 5.41) is 17.7. The van der Waals surface area contributed by atoms with Crippen molar-refractivity contribution in [1.29, 1.82) is 0 Å². The minimum Gasteiger partial charge on any atom is -0.378 e. The molecule has 0 spiro atoms. The third kappa shape index (κ3) is 6.26. The van der Waals surface area contributed by atoms with Crippen molar-refractivity contribution in [2.24, 2.45) is 0 Å². The first-order valence-corrected chi connectivity index (χ1v) is 13.0. The number of carbonyl (C=O) groups is 2. The molecule has 3 heterocycles. The molecular formula is C27H30N8O5. The summed E-state index contributed by atoms with van der Waals surface area (Å²) in [5.74, 6) is 0.397. The van der Waals surface area contributed by atoms with Gasteiger partial charge in [0.05, 0.1) is 18.1 Å². The third-order valence-electron chi connectivity index (χ3n) is 6.86. The van der Waals surface area contributed by atoms with Crippen LogP contribution in [-0.4, -0.2) is 84.1 Å². The van der Waals surface area contributed by atoms with Crippen molar-refractivity contribution in [3.8, 4) is 0 Å². The van der Waals surface area contributed by atoms with Gasteiger partial charge < -0.3 is 30.1 Å². The van der Waals surface area contributed by atoms with E-state index in [0.717, 1.165) is 24.5 Å². The van der Waals surface area contributed by atoms with Crippen LogP contribution in [0.4, 0.5) is 39.3 Å². The Morgan fingerprint density at radius 3 is 2.17 bits per heavy atom. The lowest BCUT2D eigenvalue weighted by molar-refractivity contribution is -0.384. The number of hydrogen-bond donors (Lipinski definition) is 2. The van der Waals surface area contributed by atoms with Crippen molar-refractivity contribution in [2.75, 3.05) is 72.9 Å². The normalized spacial score (nSPS) is 15.5. The van der Waals surface area contributed by atoms with Gasteiger partial charge in [0.1, 0.15) is 6.20 Å². The molecule has 0 atom stereocenters. The van der Waals surface area contributed by atoms with E-state index >= 15 is 0 Å². The van der Waals surface area contributed by atoms with Crippen LogP contribution in [0.25, 0.3) is 0 Å². The molecule has 2 N–H and O–H groups in total. The SMILES string of the molecule is CC(=O)c1ccc(NC(=O)N2CCN(c3nc(Nc4ccc(N5CCOCC5)cc4)ncc3[N+](=O)[O-])CC2)cc1. The lowest BCUT2D eigenvalue weighted by Gasteiger charge is -2.35. The van der Waals surface area contributed by atoms with Crippen LogP contribution in [0, 0.1) is 10.1 Å². The first-order chi connectivity index (χ1) is 19.4. The highest BCUT2D eigenvalue weighted by molar-refractivity contribution is 5.95. The summed E-state index contributed by atoms with van der Waals surface area (Å²) >= 11 is 0. The van der Waals surface area contributed by atoms with Crippen molar-refractivity contribution in [2.45, 2.75) is 6.92 Å². The molecule has 2 aliphatic rings. The molecule has 0 aliphatic carbocycles. The number of nitro groups is 1. The van der Waals surface area contributed by atoms with E-state index in [4.69, 9.17) is 4.74 Å². The van der Waals surface area contributed by atoms with Gasteiger partial charge >= 0.3 is 11.7 Å². The number of anilines is 5. The van der Waals surface area contributed by atoms with Gasteiger partial charge in [-0.25, -0.2) is 9.78 Å². The van der Waals surface area contributed by atoms with Gasteiger partial charge in [0, 0.05) is 61.9 Å². The van der Waals surface area contributed by atoms with E-state index < -0.39 is 4.92 Å².